The first-order valence-electron chi connectivity index (χ1n) is 5.34. The topological polar surface area (TPSA) is 127 Å². The van der Waals surface area contributed by atoms with E-state index in [0.717, 1.165) is 10.6 Å². The molecule has 8 nitrogen and oxygen atoms in total. The molecule has 3 N–H and O–H groups in total. The van der Waals surface area contributed by atoms with Gasteiger partial charge in [0.1, 0.15) is 0 Å². The van der Waals surface area contributed by atoms with Crippen LogP contribution in [0.3, 0.4) is 0 Å². The van der Waals surface area contributed by atoms with Crippen LogP contribution in [0.1, 0.15) is 0 Å². The Bertz CT molecular complexity index is 695. The third-order valence-electron chi connectivity index (χ3n) is 2.40. The Morgan fingerprint density at radius 3 is 2.10 bits per heavy atom. The van der Waals surface area contributed by atoms with Gasteiger partial charge in [0.15, 0.2) is 0 Å². The summed E-state index contributed by atoms with van der Waals surface area (Å²) in [6, 6.07) is 5.20. The van der Waals surface area contributed by atoms with Gasteiger partial charge in [0.05, 0.1) is 17.7 Å². The van der Waals surface area contributed by atoms with Gasteiger partial charge in [0.25, 0.3) is 0 Å². The number of nitrogens with two attached hydrogens (primary N) is 1. The molecule has 0 saturated heterocycles. The van der Waals surface area contributed by atoms with Gasteiger partial charge in [0.2, 0.25) is 26.0 Å². The number of carbonyl (C=O) groups excluding carboxylic acids is 1. The Hall–Kier alpha value is -1.49. The lowest BCUT2D eigenvalue weighted by Crippen LogP contribution is -2.34. The quantitative estimate of drug-likeness (QED) is 0.731. The van der Waals surface area contributed by atoms with Crippen LogP contribution in [0.5, 0.6) is 0 Å². The highest BCUT2D eigenvalue weighted by molar-refractivity contribution is 7.89. The third-order valence-corrected chi connectivity index (χ3v) is 4.59. The van der Waals surface area contributed by atoms with Crippen molar-refractivity contribution in [1.82, 2.24) is 4.31 Å². The van der Waals surface area contributed by atoms with E-state index in [-0.39, 0.29) is 11.4 Å². The minimum absolute atomic E-state index is 0.0799. The third kappa shape index (κ3) is 4.89. The lowest BCUT2D eigenvalue weighted by molar-refractivity contribution is -0.116. The molecule has 20 heavy (non-hydrogen) atoms. The number of likely N-dealkylation sites (N-methyl/N-ethyl adjacent to an activating group) is 1. The van der Waals surface area contributed by atoms with Gasteiger partial charge in [-0.15, -0.1) is 0 Å². The summed E-state index contributed by atoms with van der Waals surface area (Å²) in [5, 5.41) is 7.38. The van der Waals surface area contributed by atoms with Crippen LogP contribution in [0.25, 0.3) is 0 Å². The standard InChI is InChI=1S/C10H15N3O5S2/c1-13(19(2,15)16)7-10(14)12-8-3-5-9(6-4-8)20(11,17)18/h3-6H,7H2,1-2H3,(H,12,14)(H2,11,17,18). The van der Waals surface area contributed by atoms with E-state index in [1.807, 2.05) is 0 Å². The molecule has 0 fully saturated rings. The molecule has 0 unspecified atom stereocenters. The zero-order valence-electron chi connectivity index (χ0n) is 10.9. The summed E-state index contributed by atoms with van der Waals surface area (Å²) in [6.07, 6.45) is 0.987. The lowest BCUT2D eigenvalue weighted by Gasteiger charge is -2.13. The summed E-state index contributed by atoms with van der Waals surface area (Å²) in [6.45, 7) is -0.338. The lowest BCUT2D eigenvalue weighted by atomic mass is 10.3. The molecule has 0 heterocycles. The average molecular weight is 321 g/mol. The second-order valence-electron chi connectivity index (χ2n) is 4.14. The fraction of sp³-hybridized carbons (Fsp3) is 0.300. The van der Waals surface area contributed by atoms with E-state index in [2.05, 4.69) is 5.32 Å². The highest BCUT2D eigenvalue weighted by atomic mass is 32.2. The molecule has 0 aromatic heterocycles. The molecule has 0 aliphatic heterocycles. The molecule has 0 aliphatic carbocycles. The van der Waals surface area contributed by atoms with E-state index in [1.165, 1.54) is 31.3 Å². The predicted octanol–water partition coefficient (Wildman–Crippen LogP) is -0.836. The maximum atomic E-state index is 11.6. The van der Waals surface area contributed by atoms with E-state index in [0.29, 0.717) is 5.69 Å². The Kier molecular flexibility index (Phi) is 4.86. The summed E-state index contributed by atoms with van der Waals surface area (Å²) in [4.78, 5) is 11.5. The summed E-state index contributed by atoms with van der Waals surface area (Å²) in [5.74, 6) is -0.540. The van der Waals surface area contributed by atoms with E-state index in [4.69, 9.17) is 5.14 Å². The predicted molar refractivity (Wildman–Crippen MR) is 73.9 cm³/mol. The molecular weight excluding hydrogens is 306 g/mol. The van der Waals surface area contributed by atoms with Gasteiger partial charge in [-0.1, -0.05) is 0 Å². The number of sulfonamides is 2. The first-order chi connectivity index (χ1) is 9.00. The number of nitrogens with one attached hydrogen (secondary N) is 1. The first-order valence-corrected chi connectivity index (χ1v) is 8.73. The number of anilines is 1. The molecule has 1 rings (SSSR count). The SMILES string of the molecule is CN(CC(=O)Nc1ccc(S(N)(=O)=O)cc1)S(C)(=O)=O. The largest absolute Gasteiger partial charge is 0.325 e. The smallest absolute Gasteiger partial charge is 0.239 e. The molecule has 1 aromatic carbocycles. The number of amides is 1. The van der Waals surface area contributed by atoms with Crippen molar-refractivity contribution in [2.45, 2.75) is 4.90 Å². The minimum Gasteiger partial charge on any atom is -0.325 e. The number of carbonyl (C=O) groups is 1. The van der Waals surface area contributed by atoms with Crippen molar-refractivity contribution in [3.63, 3.8) is 0 Å². The highest BCUT2D eigenvalue weighted by Crippen LogP contribution is 2.12. The van der Waals surface area contributed by atoms with Crippen LogP contribution >= 0.6 is 0 Å². The normalized spacial score (nSPS) is 12.4. The van der Waals surface area contributed by atoms with E-state index in [1.54, 1.807) is 0 Å². The van der Waals surface area contributed by atoms with Crippen LogP contribution < -0.4 is 10.5 Å². The van der Waals surface area contributed by atoms with Crippen molar-refractivity contribution >= 4 is 31.6 Å². The number of hydrogen-bond acceptors (Lipinski definition) is 5. The van der Waals surface area contributed by atoms with Gasteiger partial charge in [-0.3, -0.25) is 4.79 Å². The van der Waals surface area contributed by atoms with Crippen LogP contribution in [0.4, 0.5) is 5.69 Å². The van der Waals surface area contributed by atoms with E-state index >= 15 is 0 Å². The van der Waals surface area contributed by atoms with Crippen molar-refractivity contribution < 1.29 is 21.6 Å². The van der Waals surface area contributed by atoms with Crippen molar-refractivity contribution in [3.8, 4) is 0 Å². The highest BCUT2D eigenvalue weighted by Gasteiger charge is 2.15. The average Bonchev–Trinajstić information content (AvgIpc) is 2.26. The van der Waals surface area contributed by atoms with Crippen molar-refractivity contribution in [1.29, 1.82) is 0 Å². The summed E-state index contributed by atoms with van der Waals surface area (Å²) in [5.41, 5.74) is 0.337. The van der Waals surface area contributed by atoms with Gasteiger partial charge in [-0.05, 0) is 24.3 Å². The molecule has 0 radical (unpaired) electrons. The van der Waals surface area contributed by atoms with Crippen molar-refractivity contribution in [2.75, 3.05) is 25.2 Å². The zero-order valence-corrected chi connectivity index (χ0v) is 12.5. The van der Waals surface area contributed by atoms with Gasteiger partial charge in [-0.2, -0.15) is 4.31 Å². The van der Waals surface area contributed by atoms with Crippen LogP contribution in [0.2, 0.25) is 0 Å². The first kappa shape index (κ1) is 16.6. The van der Waals surface area contributed by atoms with Gasteiger partial charge < -0.3 is 5.32 Å². The Morgan fingerprint density at radius 1 is 1.20 bits per heavy atom. The number of hydrogen-bond donors (Lipinski definition) is 2. The number of rotatable bonds is 5. The molecule has 0 atom stereocenters. The Morgan fingerprint density at radius 2 is 1.70 bits per heavy atom. The number of nitrogens with zero attached hydrogens (tertiary/aromatic N) is 1. The van der Waals surface area contributed by atoms with Gasteiger partial charge in [0, 0.05) is 12.7 Å². The monoisotopic (exact) mass is 321 g/mol. The van der Waals surface area contributed by atoms with Crippen molar-refractivity contribution in [3.05, 3.63) is 24.3 Å². The van der Waals surface area contributed by atoms with E-state index < -0.39 is 26.0 Å². The second kappa shape index (κ2) is 5.87. The number of primary sulfonamides is 1. The minimum atomic E-state index is -3.79. The fourth-order valence-electron chi connectivity index (χ4n) is 1.25. The summed E-state index contributed by atoms with van der Waals surface area (Å²) >= 11 is 0. The molecule has 0 spiro atoms. The number of benzene rings is 1. The Balaban J connectivity index is 2.73. The zero-order chi connectivity index (χ0) is 15.6. The summed E-state index contributed by atoms with van der Waals surface area (Å²) < 4.78 is 45.2. The van der Waals surface area contributed by atoms with Gasteiger partial charge >= 0.3 is 0 Å². The van der Waals surface area contributed by atoms with Crippen LogP contribution in [-0.2, 0) is 24.8 Å². The van der Waals surface area contributed by atoms with Crippen LogP contribution in [-0.4, -0.2) is 46.9 Å². The maximum Gasteiger partial charge on any atom is 0.239 e. The van der Waals surface area contributed by atoms with Gasteiger partial charge in [-0.25, -0.2) is 22.0 Å². The van der Waals surface area contributed by atoms with Crippen molar-refractivity contribution in [2.24, 2.45) is 5.14 Å². The molecule has 0 saturated carbocycles. The second-order valence-corrected chi connectivity index (χ2v) is 7.79. The molecule has 0 aliphatic rings. The maximum absolute atomic E-state index is 11.6. The van der Waals surface area contributed by atoms with Crippen LogP contribution in [0.15, 0.2) is 29.2 Å². The molecule has 112 valence electrons. The summed E-state index contributed by atoms with van der Waals surface area (Å²) in [7, 11) is -5.95. The fourth-order valence-corrected chi connectivity index (χ4v) is 2.12. The molecule has 1 amide bonds. The van der Waals surface area contributed by atoms with E-state index in [9.17, 15) is 21.6 Å². The molecule has 10 heteroatoms. The Labute approximate surface area is 117 Å². The molecular formula is C10H15N3O5S2. The molecule has 0 bridgehead atoms. The van der Waals surface area contributed by atoms with Crippen LogP contribution in [0, 0.1) is 0 Å². The molecule has 1 aromatic rings.